The van der Waals surface area contributed by atoms with E-state index in [1.165, 1.54) is 50.6 Å². The molecule has 2 aliphatic rings. The average Bonchev–Trinajstić information content (AvgIpc) is 2.67. The highest BCUT2D eigenvalue weighted by Crippen LogP contribution is 2.45. The van der Waals surface area contributed by atoms with Gasteiger partial charge in [-0.1, -0.05) is 25.0 Å². The maximum atomic E-state index is 11.4. The lowest BCUT2D eigenvalue weighted by Crippen LogP contribution is -2.32. The molecule has 2 heteroatoms. The van der Waals surface area contributed by atoms with Crippen molar-refractivity contribution in [3.05, 3.63) is 12.2 Å². The highest BCUT2D eigenvalue weighted by molar-refractivity contribution is 8.01. The van der Waals surface area contributed by atoms with Gasteiger partial charge in [-0.2, -0.15) is 0 Å². The number of aldehydes is 1. The second-order valence-electron chi connectivity index (χ2n) is 4.70. The van der Waals surface area contributed by atoms with Gasteiger partial charge in [-0.25, -0.2) is 0 Å². The minimum atomic E-state index is -0.0617. The first-order chi connectivity index (χ1) is 7.37. The minimum Gasteiger partial charge on any atom is -0.302 e. The Bertz CT molecular complexity index is 241. The van der Waals surface area contributed by atoms with E-state index < -0.39 is 0 Å². The fraction of sp³-hybridized carbons (Fsp3) is 0.769. The summed E-state index contributed by atoms with van der Waals surface area (Å²) in [5.74, 6) is 1.67. The van der Waals surface area contributed by atoms with Crippen molar-refractivity contribution in [1.82, 2.24) is 0 Å². The Labute approximate surface area is 96.7 Å². The lowest BCUT2D eigenvalue weighted by Gasteiger charge is -2.30. The van der Waals surface area contributed by atoms with Gasteiger partial charge in [0, 0.05) is 0 Å². The maximum Gasteiger partial charge on any atom is 0.136 e. The largest absolute Gasteiger partial charge is 0.302 e. The topological polar surface area (TPSA) is 17.1 Å². The Kier molecular flexibility index (Phi) is 3.90. The van der Waals surface area contributed by atoms with Crippen LogP contribution >= 0.6 is 11.8 Å². The van der Waals surface area contributed by atoms with Crippen molar-refractivity contribution in [2.45, 2.75) is 49.7 Å². The number of rotatable bonds is 2. The first kappa shape index (κ1) is 11.3. The molecule has 1 saturated heterocycles. The normalized spacial score (nSPS) is 39.3. The zero-order chi connectivity index (χ0) is 10.6. The average molecular weight is 224 g/mol. The molecule has 1 heterocycles. The summed E-state index contributed by atoms with van der Waals surface area (Å²) in [5.41, 5.74) is 0. The van der Waals surface area contributed by atoms with Gasteiger partial charge in [0.15, 0.2) is 0 Å². The number of hydrogen-bond donors (Lipinski definition) is 0. The molecule has 0 aromatic carbocycles. The first-order valence-corrected chi connectivity index (χ1v) is 7.13. The molecule has 0 saturated carbocycles. The predicted octanol–water partition coefficient (Wildman–Crippen LogP) is 3.59. The molecule has 1 fully saturated rings. The van der Waals surface area contributed by atoms with E-state index in [0.717, 1.165) is 6.42 Å². The van der Waals surface area contributed by atoms with Crippen LogP contribution in [0.3, 0.4) is 0 Å². The van der Waals surface area contributed by atoms with E-state index in [0.29, 0.717) is 5.92 Å². The van der Waals surface area contributed by atoms with Gasteiger partial charge >= 0.3 is 0 Å². The summed E-state index contributed by atoms with van der Waals surface area (Å²) in [6.45, 7) is 0. The van der Waals surface area contributed by atoms with Crippen molar-refractivity contribution in [3.63, 3.8) is 0 Å². The molecule has 0 amide bonds. The van der Waals surface area contributed by atoms with Crippen LogP contribution in [0.4, 0.5) is 0 Å². The van der Waals surface area contributed by atoms with Crippen molar-refractivity contribution in [1.29, 1.82) is 0 Å². The van der Waals surface area contributed by atoms with Gasteiger partial charge in [0.1, 0.15) is 6.29 Å². The second-order valence-corrected chi connectivity index (χ2v) is 6.15. The number of carbonyl (C=O) groups excluding carboxylic acids is 1. The van der Waals surface area contributed by atoms with E-state index in [-0.39, 0.29) is 4.75 Å². The molecule has 2 unspecified atom stereocenters. The third kappa shape index (κ3) is 2.47. The van der Waals surface area contributed by atoms with Crippen LogP contribution in [-0.4, -0.2) is 16.8 Å². The molecule has 1 aliphatic heterocycles. The molecule has 0 spiro atoms. The SMILES string of the molecule is O=CC1(C2/C=C\CCCCC2)CCCS1. The third-order valence-electron chi connectivity index (χ3n) is 3.66. The van der Waals surface area contributed by atoms with Gasteiger partial charge in [0.2, 0.25) is 0 Å². The zero-order valence-corrected chi connectivity index (χ0v) is 10.1. The maximum absolute atomic E-state index is 11.4. The summed E-state index contributed by atoms with van der Waals surface area (Å²) < 4.78 is -0.0617. The number of allylic oxidation sites excluding steroid dienone is 2. The molecule has 0 N–H and O–H groups in total. The van der Waals surface area contributed by atoms with Gasteiger partial charge in [0.05, 0.1) is 4.75 Å². The lowest BCUT2D eigenvalue weighted by molar-refractivity contribution is -0.110. The van der Waals surface area contributed by atoms with E-state index in [2.05, 4.69) is 12.2 Å². The van der Waals surface area contributed by atoms with Crippen LogP contribution in [-0.2, 0) is 4.79 Å². The third-order valence-corrected chi connectivity index (χ3v) is 5.30. The molecular formula is C13H20OS. The molecular weight excluding hydrogens is 204 g/mol. The summed E-state index contributed by atoms with van der Waals surface area (Å²) in [5, 5.41) is 0. The fourth-order valence-corrected chi connectivity index (χ4v) is 4.16. The van der Waals surface area contributed by atoms with Crippen LogP contribution in [0.2, 0.25) is 0 Å². The van der Waals surface area contributed by atoms with Crippen LogP contribution < -0.4 is 0 Å². The van der Waals surface area contributed by atoms with E-state index in [9.17, 15) is 4.79 Å². The van der Waals surface area contributed by atoms with Gasteiger partial charge in [-0.3, -0.25) is 0 Å². The Morgan fingerprint density at radius 3 is 2.93 bits per heavy atom. The lowest BCUT2D eigenvalue weighted by atomic mass is 9.83. The molecule has 84 valence electrons. The Morgan fingerprint density at radius 1 is 1.27 bits per heavy atom. The Hall–Kier alpha value is -0.240. The van der Waals surface area contributed by atoms with Crippen molar-refractivity contribution >= 4 is 18.0 Å². The molecule has 1 nitrogen and oxygen atoms in total. The van der Waals surface area contributed by atoms with Gasteiger partial charge in [-0.05, 0) is 43.8 Å². The highest BCUT2D eigenvalue weighted by Gasteiger charge is 2.40. The van der Waals surface area contributed by atoms with E-state index in [4.69, 9.17) is 0 Å². The quantitative estimate of drug-likeness (QED) is 0.527. The molecule has 1 aliphatic carbocycles. The highest BCUT2D eigenvalue weighted by atomic mass is 32.2. The van der Waals surface area contributed by atoms with Gasteiger partial charge in [0.25, 0.3) is 0 Å². The molecule has 0 bridgehead atoms. The van der Waals surface area contributed by atoms with Crippen molar-refractivity contribution in [2.75, 3.05) is 5.75 Å². The van der Waals surface area contributed by atoms with Crippen molar-refractivity contribution in [2.24, 2.45) is 5.92 Å². The van der Waals surface area contributed by atoms with Crippen LogP contribution in [0.25, 0.3) is 0 Å². The first-order valence-electron chi connectivity index (χ1n) is 6.14. The molecule has 0 radical (unpaired) electrons. The summed E-state index contributed by atoms with van der Waals surface area (Å²) >= 11 is 1.89. The minimum absolute atomic E-state index is 0.0617. The Balaban J connectivity index is 2.10. The molecule has 0 aromatic rings. The van der Waals surface area contributed by atoms with Gasteiger partial charge in [-0.15, -0.1) is 11.8 Å². The summed E-state index contributed by atoms with van der Waals surface area (Å²) in [7, 11) is 0. The molecule has 2 rings (SSSR count). The molecule has 2 atom stereocenters. The summed E-state index contributed by atoms with van der Waals surface area (Å²) in [6.07, 6.45) is 14.5. The Morgan fingerprint density at radius 2 is 2.20 bits per heavy atom. The van der Waals surface area contributed by atoms with Crippen molar-refractivity contribution < 1.29 is 4.79 Å². The van der Waals surface area contributed by atoms with E-state index in [1.54, 1.807) is 0 Å². The monoisotopic (exact) mass is 224 g/mol. The molecule has 0 aromatic heterocycles. The van der Waals surface area contributed by atoms with Crippen LogP contribution in [0, 0.1) is 5.92 Å². The number of thioether (sulfide) groups is 1. The van der Waals surface area contributed by atoms with Crippen LogP contribution in [0.5, 0.6) is 0 Å². The predicted molar refractivity (Wildman–Crippen MR) is 66.2 cm³/mol. The molecule has 15 heavy (non-hydrogen) atoms. The zero-order valence-electron chi connectivity index (χ0n) is 9.28. The summed E-state index contributed by atoms with van der Waals surface area (Å²) in [6, 6.07) is 0. The van der Waals surface area contributed by atoms with E-state index >= 15 is 0 Å². The summed E-state index contributed by atoms with van der Waals surface area (Å²) in [4.78, 5) is 11.4. The second kappa shape index (κ2) is 5.20. The van der Waals surface area contributed by atoms with Crippen molar-refractivity contribution in [3.8, 4) is 0 Å². The number of carbonyl (C=O) groups is 1. The van der Waals surface area contributed by atoms with Crippen LogP contribution in [0.15, 0.2) is 12.2 Å². The van der Waals surface area contributed by atoms with Crippen LogP contribution in [0.1, 0.15) is 44.9 Å². The number of hydrogen-bond acceptors (Lipinski definition) is 2. The standard InChI is InChI=1S/C13H20OS/c14-11-13(9-6-10-15-13)12-7-4-2-1-3-5-8-12/h4,7,11-12H,1-3,5-6,8-10H2/b7-4-. The van der Waals surface area contributed by atoms with Gasteiger partial charge < -0.3 is 4.79 Å². The smallest absolute Gasteiger partial charge is 0.136 e. The van der Waals surface area contributed by atoms with E-state index in [1.807, 2.05) is 11.8 Å². The fourth-order valence-electron chi connectivity index (χ4n) is 2.72.